The predicted octanol–water partition coefficient (Wildman–Crippen LogP) is 2.91. The number of hydrogen-bond acceptors (Lipinski definition) is 5. The van der Waals surface area contributed by atoms with Gasteiger partial charge in [-0.1, -0.05) is 15.9 Å². The first-order valence-electron chi connectivity index (χ1n) is 7.58. The lowest BCUT2D eigenvalue weighted by atomic mass is 10.2. The highest BCUT2D eigenvalue weighted by Gasteiger charge is 2.15. The number of carbonyl (C=O) groups excluding carboxylic acids is 2. The summed E-state index contributed by atoms with van der Waals surface area (Å²) < 4.78 is 5.98. The van der Waals surface area contributed by atoms with Crippen LogP contribution < -0.4 is 16.0 Å². The number of carbonyl (C=O) groups is 2. The summed E-state index contributed by atoms with van der Waals surface area (Å²) in [6.45, 7) is 5.96. The zero-order chi connectivity index (χ0) is 18.9. The van der Waals surface area contributed by atoms with Crippen molar-refractivity contribution >= 4 is 33.6 Å². The molecule has 0 saturated carbocycles. The Morgan fingerprint density at radius 3 is 2.44 bits per heavy atom. The van der Waals surface area contributed by atoms with Gasteiger partial charge in [-0.15, -0.1) is 0 Å². The SMILES string of the molecule is CC(C)(C)OC(=O)NCCN/C=C(/C#N)C(=O)Nc1ccc(Br)cc1. The van der Waals surface area contributed by atoms with Crippen LogP contribution in [0.15, 0.2) is 40.5 Å². The quantitative estimate of drug-likeness (QED) is 0.381. The molecule has 25 heavy (non-hydrogen) atoms. The Kier molecular flexibility index (Phi) is 7.95. The lowest BCUT2D eigenvalue weighted by Crippen LogP contribution is -2.35. The van der Waals surface area contributed by atoms with E-state index in [0.29, 0.717) is 18.8 Å². The summed E-state index contributed by atoms with van der Waals surface area (Å²) in [7, 11) is 0. The average molecular weight is 409 g/mol. The van der Waals surface area contributed by atoms with Crippen LogP contribution in [0.3, 0.4) is 0 Å². The number of benzene rings is 1. The third-order valence-electron chi connectivity index (χ3n) is 2.65. The Labute approximate surface area is 155 Å². The molecule has 0 aromatic heterocycles. The number of anilines is 1. The van der Waals surface area contributed by atoms with Gasteiger partial charge in [0, 0.05) is 29.4 Å². The van der Waals surface area contributed by atoms with Gasteiger partial charge in [-0.2, -0.15) is 5.26 Å². The fourth-order valence-corrected chi connectivity index (χ4v) is 1.87. The van der Waals surface area contributed by atoms with Gasteiger partial charge in [-0.05, 0) is 45.0 Å². The maximum Gasteiger partial charge on any atom is 0.407 e. The van der Waals surface area contributed by atoms with E-state index in [1.54, 1.807) is 45.0 Å². The minimum atomic E-state index is -0.559. The number of halogens is 1. The van der Waals surface area contributed by atoms with Crippen LogP contribution in [0.1, 0.15) is 20.8 Å². The maximum absolute atomic E-state index is 12.0. The zero-order valence-electron chi connectivity index (χ0n) is 14.4. The van der Waals surface area contributed by atoms with Crippen molar-refractivity contribution in [3.63, 3.8) is 0 Å². The van der Waals surface area contributed by atoms with E-state index in [4.69, 9.17) is 10.00 Å². The minimum Gasteiger partial charge on any atom is -0.444 e. The molecule has 0 atom stereocenters. The summed E-state index contributed by atoms with van der Waals surface area (Å²) in [6, 6.07) is 8.83. The molecule has 134 valence electrons. The Balaban J connectivity index is 2.41. The lowest BCUT2D eigenvalue weighted by Gasteiger charge is -2.19. The van der Waals surface area contributed by atoms with Crippen molar-refractivity contribution in [1.82, 2.24) is 10.6 Å². The largest absolute Gasteiger partial charge is 0.444 e. The Morgan fingerprint density at radius 1 is 1.24 bits per heavy atom. The highest BCUT2D eigenvalue weighted by molar-refractivity contribution is 9.10. The highest BCUT2D eigenvalue weighted by atomic mass is 79.9. The molecule has 1 aromatic rings. The van der Waals surface area contributed by atoms with Gasteiger partial charge in [0.25, 0.3) is 5.91 Å². The third kappa shape index (κ3) is 8.77. The van der Waals surface area contributed by atoms with E-state index in [0.717, 1.165) is 4.47 Å². The van der Waals surface area contributed by atoms with Crippen molar-refractivity contribution < 1.29 is 14.3 Å². The molecule has 1 aromatic carbocycles. The molecule has 0 spiro atoms. The number of ether oxygens (including phenoxy) is 1. The number of rotatable bonds is 6. The molecule has 0 aliphatic carbocycles. The van der Waals surface area contributed by atoms with Crippen molar-refractivity contribution in [3.8, 4) is 6.07 Å². The van der Waals surface area contributed by atoms with Gasteiger partial charge < -0.3 is 20.7 Å². The number of nitrogens with one attached hydrogen (secondary N) is 3. The monoisotopic (exact) mass is 408 g/mol. The van der Waals surface area contributed by atoms with Gasteiger partial charge >= 0.3 is 6.09 Å². The molecule has 0 radical (unpaired) electrons. The van der Waals surface area contributed by atoms with Gasteiger partial charge in [0.2, 0.25) is 0 Å². The summed E-state index contributed by atoms with van der Waals surface area (Å²) >= 11 is 3.30. The molecular formula is C17H21BrN4O3. The first kappa shape index (κ1) is 20.5. The molecule has 0 fully saturated rings. The second-order valence-electron chi connectivity index (χ2n) is 6.01. The van der Waals surface area contributed by atoms with E-state index in [1.807, 2.05) is 6.07 Å². The zero-order valence-corrected chi connectivity index (χ0v) is 15.9. The number of amides is 2. The average Bonchev–Trinajstić information content (AvgIpc) is 2.51. The summed E-state index contributed by atoms with van der Waals surface area (Å²) in [5, 5.41) is 17.1. The van der Waals surface area contributed by atoms with Gasteiger partial charge in [0.15, 0.2) is 0 Å². The molecule has 0 aliphatic rings. The van der Waals surface area contributed by atoms with Crippen molar-refractivity contribution in [1.29, 1.82) is 5.26 Å². The fraction of sp³-hybridized carbons (Fsp3) is 0.353. The molecule has 3 N–H and O–H groups in total. The van der Waals surface area contributed by atoms with E-state index >= 15 is 0 Å². The third-order valence-corrected chi connectivity index (χ3v) is 3.18. The van der Waals surface area contributed by atoms with Gasteiger partial charge in [-0.3, -0.25) is 4.79 Å². The van der Waals surface area contributed by atoms with E-state index < -0.39 is 17.6 Å². The molecule has 0 heterocycles. The topological polar surface area (TPSA) is 103 Å². The summed E-state index contributed by atoms with van der Waals surface area (Å²) in [6.07, 6.45) is 0.789. The smallest absolute Gasteiger partial charge is 0.407 e. The van der Waals surface area contributed by atoms with Crippen molar-refractivity contribution in [2.75, 3.05) is 18.4 Å². The fourth-order valence-electron chi connectivity index (χ4n) is 1.61. The van der Waals surface area contributed by atoms with E-state index in [-0.39, 0.29) is 5.57 Å². The first-order chi connectivity index (χ1) is 11.7. The molecule has 1 rings (SSSR count). The number of alkyl carbamates (subject to hydrolysis) is 1. The normalized spacial score (nSPS) is 11.2. The van der Waals surface area contributed by atoms with Crippen molar-refractivity contribution in [2.45, 2.75) is 26.4 Å². The molecule has 7 nitrogen and oxygen atoms in total. The van der Waals surface area contributed by atoms with E-state index in [1.165, 1.54) is 6.20 Å². The Morgan fingerprint density at radius 2 is 1.88 bits per heavy atom. The molecular weight excluding hydrogens is 388 g/mol. The van der Waals surface area contributed by atoms with E-state index in [2.05, 4.69) is 31.9 Å². The molecule has 0 bridgehead atoms. The maximum atomic E-state index is 12.0. The van der Waals surface area contributed by atoms with Crippen LogP contribution in [0.2, 0.25) is 0 Å². The van der Waals surface area contributed by atoms with Crippen molar-refractivity contribution in [3.05, 3.63) is 40.5 Å². The van der Waals surface area contributed by atoms with Crippen LogP contribution >= 0.6 is 15.9 Å². The summed E-state index contributed by atoms with van der Waals surface area (Å²) in [5.41, 5.74) is -0.0441. The molecule has 0 saturated heterocycles. The van der Waals surface area contributed by atoms with Gasteiger partial charge in [0.1, 0.15) is 17.2 Å². The van der Waals surface area contributed by atoms with Crippen LogP contribution in [0.5, 0.6) is 0 Å². The van der Waals surface area contributed by atoms with Gasteiger partial charge in [0.05, 0.1) is 0 Å². The summed E-state index contributed by atoms with van der Waals surface area (Å²) in [4.78, 5) is 23.5. The Hall–Kier alpha value is -2.53. The number of nitrogens with zero attached hydrogens (tertiary/aromatic N) is 1. The van der Waals surface area contributed by atoms with E-state index in [9.17, 15) is 9.59 Å². The lowest BCUT2D eigenvalue weighted by molar-refractivity contribution is -0.112. The van der Waals surface area contributed by atoms with Crippen molar-refractivity contribution in [2.24, 2.45) is 0 Å². The van der Waals surface area contributed by atoms with Crippen LogP contribution in [-0.4, -0.2) is 30.7 Å². The predicted molar refractivity (Wildman–Crippen MR) is 98.7 cm³/mol. The Bertz CT molecular complexity index is 673. The van der Waals surface area contributed by atoms with Crippen LogP contribution in [-0.2, 0) is 9.53 Å². The second-order valence-corrected chi connectivity index (χ2v) is 6.93. The standard InChI is InChI=1S/C17H21BrN4O3/c1-17(2,3)25-16(24)21-9-8-20-11-12(10-19)15(23)22-14-6-4-13(18)5-7-14/h4-7,11,20H,8-9H2,1-3H3,(H,21,24)(H,22,23)/b12-11-. The van der Waals surface area contributed by atoms with Crippen LogP contribution in [0.25, 0.3) is 0 Å². The molecule has 8 heteroatoms. The number of hydrogen-bond donors (Lipinski definition) is 3. The van der Waals surface area contributed by atoms with Crippen LogP contribution in [0.4, 0.5) is 10.5 Å². The summed E-state index contributed by atoms with van der Waals surface area (Å²) in [5.74, 6) is -0.516. The van der Waals surface area contributed by atoms with Gasteiger partial charge in [-0.25, -0.2) is 4.79 Å². The molecule has 0 unspecified atom stereocenters. The van der Waals surface area contributed by atoms with Crippen LogP contribution in [0, 0.1) is 11.3 Å². The first-order valence-corrected chi connectivity index (χ1v) is 8.38. The highest BCUT2D eigenvalue weighted by Crippen LogP contribution is 2.14. The molecule has 2 amide bonds. The number of nitriles is 1. The minimum absolute atomic E-state index is 0.0693. The second kappa shape index (κ2) is 9.69. The molecule has 0 aliphatic heterocycles.